The number of ether oxygens (including phenoxy) is 3. The number of hydrogen-bond acceptors (Lipinski definition) is 5. The van der Waals surface area contributed by atoms with Gasteiger partial charge in [-0.3, -0.25) is 9.59 Å². The van der Waals surface area contributed by atoms with Gasteiger partial charge < -0.3 is 25.3 Å². The Morgan fingerprint density at radius 3 is 2.03 bits per heavy atom. The zero-order valence-corrected chi connectivity index (χ0v) is 17.4. The molecule has 0 radical (unpaired) electrons. The molecule has 7 nitrogen and oxygen atoms in total. The number of methoxy groups -OCH3 is 2. The van der Waals surface area contributed by atoms with Crippen LogP contribution in [0.3, 0.4) is 0 Å². The summed E-state index contributed by atoms with van der Waals surface area (Å²) in [6.45, 7) is 5.85. The lowest BCUT2D eigenvalue weighted by molar-refractivity contribution is -0.120. The summed E-state index contributed by atoms with van der Waals surface area (Å²) in [7, 11) is 2.88. The Balaban J connectivity index is 2.37. The smallest absolute Gasteiger partial charge is 0.255 e. The second-order valence-electron chi connectivity index (χ2n) is 7.65. The van der Waals surface area contributed by atoms with Crippen LogP contribution >= 0.6 is 0 Å². The molecule has 0 aliphatic heterocycles. The number of benzene rings is 2. The highest BCUT2D eigenvalue weighted by Gasteiger charge is 2.29. The topological polar surface area (TPSA) is 99.9 Å². The molecule has 0 fully saturated rings. The SMILES string of the molecule is COc1cc(C(=O)NC(c2ccccc2)C(C)(C)C)cc(OC)c1OCC(N)=O. The van der Waals surface area contributed by atoms with E-state index in [1.54, 1.807) is 12.1 Å². The van der Waals surface area contributed by atoms with Crippen LogP contribution in [-0.4, -0.2) is 32.6 Å². The molecule has 156 valence electrons. The van der Waals surface area contributed by atoms with Gasteiger partial charge in [-0.15, -0.1) is 0 Å². The van der Waals surface area contributed by atoms with Crippen LogP contribution in [0.5, 0.6) is 17.2 Å². The van der Waals surface area contributed by atoms with E-state index in [4.69, 9.17) is 19.9 Å². The average Bonchev–Trinajstić information content (AvgIpc) is 2.69. The molecule has 0 aromatic heterocycles. The molecular weight excluding hydrogens is 372 g/mol. The fraction of sp³-hybridized carbons (Fsp3) is 0.364. The van der Waals surface area contributed by atoms with E-state index < -0.39 is 5.91 Å². The molecule has 0 spiro atoms. The van der Waals surface area contributed by atoms with Crippen molar-refractivity contribution in [3.63, 3.8) is 0 Å². The summed E-state index contributed by atoms with van der Waals surface area (Å²) in [6.07, 6.45) is 0. The molecule has 7 heteroatoms. The lowest BCUT2D eigenvalue weighted by Gasteiger charge is -2.32. The molecule has 2 rings (SSSR count). The van der Waals surface area contributed by atoms with E-state index in [1.807, 2.05) is 30.3 Å². The average molecular weight is 400 g/mol. The molecule has 0 saturated carbocycles. The van der Waals surface area contributed by atoms with E-state index >= 15 is 0 Å². The van der Waals surface area contributed by atoms with E-state index in [1.165, 1.54) is 14.2 Å². The van der Waals surface area contributed by atoms with Crippen molar-refractivity contribution in [2.24, 2.45) is 11.1 Å². The van der Waals surface area contributed by atoms with Gasteiger partial charge in [0.2, 0.25) is 5.75 Å². The number of carbonyl (C=O) groups is 2. The number of hydrogen-bond donors (Lipinski definition) is 2. The van der Waals surface area contributed by atoms with Gasteiger partial charge in [0.15, 0.2) is 18.1 Å². The number of nitrogens with two attached hydrogens (primary N) is 1. The molecule has 29 heavy (non-hydrogen) atoms. The van der Waals surface area contributed by atoms with Gasteiger partial charge in [0.25, 0.3) is 11.8 Å². The van der Waals surface area contributed by atoms with E-state index in [9.17, 15) is 9.59 Å². The van der Waals surface area contributed by atoms with Crippen molar-refractivity contribution in [1.82, 2.24) is 5.32 Å². The number of rotatable bonds is 8. The van der Waals surface area contributed by atoms with E-state index in [2.05, 4.69) is 26.1 Å². The van der Waals surface area contributed by atoms with Crippen LogP contribution < -0.4 is 25.3 Å². The van der Waals surface area contributed by atoms with Crippen molar-refractivity contribution in [1.29, 1.82) is 0 Å². The van der Waals surface area contributed by atoms with Gasteiger partial charge in [-0.05, 0) is 23.1 Å². The molecule has 1 atom stereocenters. The number of nitrogens with one attached hydrogen (secondary N) is 1. The lowest BCUT2D eigenvalue weighted by atomic mass is 9.82. The molecule has 0 aliphatic rings. The van der Waals surface area contributed by atoms with Crippen molar-refractivity contribution in [2.45, 2.75) is 26.8 Å². The molecule has 0 aliphatic carbocycles. The van der Waals surface area contributed by atoms with Gasteiger partial charge in [-0.25, -0.2) is 0 Å². The molecule has 2 aromatic carbocycles. The second-order valence-corrected chi connectivity index (χ2v) is 7.65. The van der Waals surface area contributed by atoms with Gasteiger partial charge in [-0.1, -0.05) is 51.1 Å². The van der Waals surface area contributed by atoms with Crippen molar-refractivity contribution in [3.05, 3.63) is 53.6 Å². The predicted molar refractivity (Wildman–Crippen MR) is 110 cm³/mol. The van der Waals surface area contributed by atoms with E-state index in [-0.39, 0.29) is 41.2 Å². The third-order valence-electron chi connectivity index (χ3n) is 4.36. The number of primary amides is 1. The van der Waals surface area contributed by atoms with Crippen molar-refractivity contribution < 1.29 is 23.8 Å². The fourth-order valence-corrected chi connectivity index (χ4v) is 2.96. The summed E-state index contributed by atoms with van der Waals surface area (Å²) in [5, 5.41) is 3.10. The quantitative estimate of drug-likeness (QED) is 0.709. The summed E-state index contributed by atoms with van der Waals surface area (Å²) in [5.74, 6) is -0.176. The van der Waals surface area contributed by atoms with Crippen LogP contribution in [0, 0.1) is 5.41 Å². The van der Waals surface area contributed by atoms with Crippen molar-refractivity contribution in [3.8, 4) is 17.2 Å². The van der Waals surface area contributed by atoms with Crippen LogP contribution in [-0.2, 0) is 4.79 Å². The van der Waals surface area contributed by atoms with E-state index in [0.717, 1.165) is 5.56 Å². The first kappa shape index (κ1) is 22.1. The van der Waals surface area contributed by atoms with Gasteiger partial charge in [0.1, 0.15) is 0 Å². The van der Waals surface area contributed by atoms with Crippen LogP contribution in [0.25, 0.3) is 0 Å². The molecule has 1 unspecified atom stereocenters. The zero-order chi connectivity index (χ0) is 21.6. The summed E-state index contributed by atoms with van der Waals surface area (Å²) < 4.78 is 16.1. The largest absolute Gasteiger partial charge is 0.493 e. The Bertz CT molecular complexity index is 834. The van der Waals surface area contributed by atoms with Gasteiger partial charge >= 0.3 is 0 Å². The van der Waals surface area contributed by atoms with Crippen LogP contribution in [0.2, 0.25) is 0 Å². The third-order valence-corrected chi connectivity index (χ3v) is 4.36. The molecule has 3 N–H and O–H groups in total. The Morgan fingerprint density at radius 1 is 1.03 bits per heavy atom. The fourth-order valence-electron chi connectivity index (χ4n) is 2.96. The monoisotopic (exact) mass is 400 g/mol. The first-order valence-corrected chi connectivity index (χ1v) is 9.20. The Morgan fingerprint density at radius 2 is 1.59 bits per heavy atom. The minimum atomic E-state index is -0.633. The minimum Gasteiger partial charge on any atom is -0.493 e. The van der Waals surface area contributed by atoms with Crippen LogP contribution in [0.4, 0.5) is 0 Å². The molecule has 0 saturated heterocycles. The molecule has 0 heterocycles. The standard InChI is InChI=1S/C22H28N2O5/c1-22(2,3)20(14-9-7-6-8-10-14)24-21(26)15-11-16(27-4)19(17(12-15)28-5)29-13-18(23)25/h6-12,20H,13H2,1-5H3,(H2,23,25)(H,24,26). The highest BCUT2D eigenvalue weighted by Crippen LogP contribution is 2.39. The van der Waals surface area contributed by atoms with Gasteiger partial charge in [0, 0.05) is 5.56 Å². The third kappa shape index (κ3) is 5.63. The first-order valence-electron chi connectivity index (χ1n) is 9.20. The summed E-state index contributed by atoms with van der Waals surface area (Å²) in [5.41, 5.74) is 6.28. The predicted octanol–water partition coefficient (Wildman–Crippen LogP) is 3.09. The molecule has 2 aromatic rings. The first-order chi connectivity index (χ1) is 13.7. The van der Waals surface area contributed by atoms with Crippen molar-refractivity contribution >= 4 is 11.8 Å². The van der Waals surface area contributed by atoms with Gasteiger partial charge in [-0.2, -0.15) is 0 Å². The van der Waals surface area contributed by atoms with Crippen LogP contribution in [0.1, 0.15) is 42.7 Å². The lowest BCUT2D eigenvalue weighted by Crippen LogP contribution is -2.36. The minimum absolute atomic E-state index is 0.209. The summed E-state index contributed by atoms with van der Waals surface area (Å²) in [4.78, 5) is 24.1. The normalized spacial score (nSPS) is 12.0. The Hall–Kier alpha value is -3.22. The Kier molecular flexibility index (Phi) is 7.09. The van der Waals surface area contributed by atoms with Crippen molar-refractivity contribution in [2.75, 3.05) is 20.8 Å². The van der Waals surface area contributed by atoms with E-state index in [0.29, 0.717) is 5.56 Å². The highest BCUT2D eigenvalue weighted by molar-refractivity contribution is 5.96. The maximum Gasteiger partial charge on any atom is 0.255 e. The van der Waals surface area contributed by atoms with Gasteiger partial charge in [0.05, 0.1) is 20.3 Å². The maximum absolute atomic E-state index is 13.1. The Labute approximate surface area is 171 Å². The molecule has 0 bridgehead atoms. The zero-order valence-electron chi connectivity index (χ0n) is 17.4. The van der Waals surface area contributed by atoms with Crippen LogP contribution in [0.15, 0.2) is 42.5 Å². The number of amides is 2. The maximum atomic E-state index is 13.1. The molecule has 2 amide bonds. The summed E-state index contributed by atoms with van der Waals surface area (Å²) >= 11 is 0. The number of carbonyl (C=O) groups excluding carboxylic acids is 2. The highest BCUT2D eigenvalue weighted by atomic mass is 16.5. The summed E-state index contributed by atoms with van der Waals surface area (Å²) in [6, 6.07) is 12.7. The molecular formula is C22H28N2O5. The second kappa shape index (κ2) is 9.32.